The number of ether oxygens (including phenoxy) is 1. The number of aryl methyl sites for hydroxylation is 1. The fourth-order valence-electron chi connectivity index (χ4n) is 2.55. The Bertz CT molecular complexity index is 957. The summed E-state index contributed by atoms with van der Waals surface area (Å²) in [5.41, 5.74) is 1.56. The van der Waals surface area contributed by atoms with Crippen LogP contribution in [0.3, 0.4) is 0 Å². The zero-order chi connectivity index (χ0) is 17.3. The third kappa shape index (κ3) is 2.88. The van der Waals surface area contributed by atoms with Crippen molar-refractivity contribution < 1.29 is 19.1 Å². The van der Waals surface area contributed by atoms with Crippen LogP contribution in [0.5, 0.6) is 5.75 Å². The molecule has 1 unspecified atom stereocenters. The Balaban J connectivity index is 2.11. The molecule has 24 heavy (non-hydrogen) atoms. The lowest BCUT2D eigenvalue weighted by Gasteiger charge is -2.11. The highest BCUT2D eigenvalue weighted by molar-refractivity contribution is 5.84. The summed E-state index contributed by atoms with van der Waals surface area (Å²) in [5.74, 6) is -0.221. The Morgan fingerprint density at radius 1 is 1.17 bits per heavy atom. The third-order valence-corrected chi connectivity index (χ3v) is 3.76. The molecule has 0 bridgehead atoms. The molecular weight excluding hydrogens is 308 g/mol. The van der Waals surface area contributed by atoms with Gasteiger partial charge in [0, 0.05) is 6.07 Å². The fourth-order valence-corrected chi connectivity index (χ4v) is 2.55. The van der Waals surface area contributed by atoms with Gasteiger partial charge < -0.3 is 14.3 Å². The smallest absolute Gasteiger partial charge is 0.344 e. The summed E-state index contributed by atoms with van der Waals surface area (Å²) in [6, 6.07) is 14.0. The van der Waals surface area contributed by atoms with E-state index in [-0.39, 0.29) is 5.43 Å². The Labute approximate surface area is 138 Å². The molecule has 122 valence electrons. The molecule has 0 aliphatic carbocycles. The van der Waals surface area contributed by atoms with Gasteiger partial charge in [-0.2, -0.15) is 0 Å². The van der Waals surface area contributed by atoms with Crippen LogP contribution >= 0.6 is 0 Å². The number of fused-ring (bicyclic) bond motifs is 1. The first-order valence-corrected chi connectivity index (χ1v) is 7.49. The molecule has 3 rings (SSSR count). The molecule has 3 aromatic rings. The Hall–Kier alpha value is -3.08. The van der Waals surface area contributed by atoms with Crippen molar-refractivity contribution in [2.24, 2.45) is 0 Å². The maximum Gasteiger partial charge on any atom is 0.344 e. The summed E-state index contributed by atoms with van der Waals surface area (Å²) in [5, 5.41) is 9.33. The molecule has 0 fully saturated rings. The second kappa shape index (κ2) is 6.20. The molecule has 0 aliphatic rings. The average molecular weight is 324 g/mol. The van der Waals surface area contributed by atoms with Crippen LogP contribution in [0.2, 0.25) is 0 Å². The highest BCUT2D eigenvalue weighted by Gasteiger charge is 2.16. The van der Waals surface area contributed by atoms with E-state index in [4.69, 9.17) is 14.3 Å². The fraction of sp³-hybridized carbons (Fsp3) is 0.158. The van der Waals surface area contributed by atoms with Crippen LogP contribution in [0.15, 0.2) is 57.7 Å². The topological polar surface area (TPSA) is 76.7 Å². The molecule has 1 N–H and O–H groups in total. The lowest BCUT2D eigenvalue weighted by molar-refractivity contribution is -0.144. The van der Waals surface area contributed by atoms with Crippen LogP contribution in [0, 0.1) is 6.92 Å². The number of benzene rings is 2. The standard InChI is InChI=1S/C19H16O5/c1-11-17(13-6-4-3-5-7-13)18(20)15-9-8-14(10-16(15)24-11)23-12(2)19(21)22/h3-10,12H,1-2H3,(H,21,22). The van der Waals surface area contributed by atoms with E-state index in [9.17, 15) is 9.59 Å². The van der Waals surface area contributed by atoms with E-state index in [2.05, 4.69) is 0 Å². The first-order valence-electron chi connectivity index (χ1n) is 7.49. The van der Waals surface area contributed by atoms with Gasteiger partial charge in [0.05, 0.1) is 10.9 Å². The maximum absolute atomic E-state index is 12.8. The van der Waals surface area contributed by atoms with Crippen molar-refractivity contribution in [3.63, 3.8) is 0 Å². The summed E-state index contributed by atoms with van der Waals surface area (Å²) in [4.78, 5) is 23.7. The van der Waals surface area contributed by atoms with Gasteiger partial charge in [-0.25, -0.2) is 4.79 Å². The molecule has 0 saturated carbocycles. The second-order valence-corrected chi connectivity index (χ2v) is 5.48. The van der Waals surface area contributed by atoms with Crippen molar-refractivity contribution in [3.8, 4) is 16.9 Å². The summed E-state index contributed by atoms with van der Waals surface area (Å²) in [6.45, 7) is 3.17. The molecule has 1 heterocycles. The molecule has 1 atom stereocenters. The van der Waals surface area contributed by atoms with Crippen LogP contribution < -0.4 is 10.2 Å². The van der Waals surface area contributed by atoms with Crippen molar-refractivity contribution in [1.29, 1.82) is 0 Å². The van der Waals surface area contributed by atoms with E-state index in [1.54, 1.807) is 19.1 Å². The number of hydrogen-bond acceptors (Lipinski definition) is 4. The quantitative estimate of drug-likeness (QED) is 0.793. The van der Waals surface area contributed by atoms with Gasteiger partial charge in [-0.05, 0) is 31.5 Å². The van der Waals surface area contributed by atoms with Gasteiger partial charge in [-0.15, -0.1) is 0 Å². The molecule has 5 nitrogen and oxygen atoms in total. The van der Waals surface area contributed by atoms with Gasteiger partial charge in [-0.1, -0.05) is 30.3 Å². The summed E-state index contributed by atoms with van der Waals surface area (Å²) >= 11 is 0. The van der Waals surface area contributed by atoms with Crippen molar-refractivity contribution in [2.45, 2.75) is 20.0 Å². The summed E-state index contributed by atoms with van der Waals surface area (Å²) in [7, 11) is 0. The maximum atomic E-state index is 12.8. The lowest BCUT2D eigenvalue weighted by atomic mass is 10.0. The van der Waals surface area contributed by atoms with E-state index < -0.39 is 12.1 Å². The predicted octanol–water partition coefficient (Wildman–Crippen LogP) is 3.62. The largest absolute Gasteiger partial charge is 0.479 e. The SMILES string of the molecule is Cc1oc2cc(OC(C)C(=O)O)ccc2c(=O)c1-c1ccccc1. The average Bonchev–Trinajstić information content (AvgIpc) is 2.55. The zero-order valence-electron chi connectivity index (χ0n) is 13.3. The molecular formula is C19H16O5. The summed E-state index contributed by atoms with van der Waals surface area (Å²) in [6.07, 6.45) is -0.987. The minimum Gasteiger partial charge on any atom is -0.479 e. The highest BCUT2D eigenvalue weighted by Crippen LogP contribution is 2.26. The first-order chi connectivity index (χ1) is 11.5. The van der Waals surface area contributed by atoms with Gasteiger partial charge in [0.2, 0.25) is 5.43 Å². The molecule has 0 spiro atoms. The van der Waals surface area contributed by atoms with Gasteiger partial charge in [0.15, 0.2) is 6.10 Å². The van der Waals surface area contributed by atoms with E-state index in [1.807, 2.05) is 30.3 Å². The highest BCUT2D eigenvalue weighted by atomic mass is 16.5. The van der Waals surface area contributed by atoms with E-state index >= 15 is 0 Å². The zero-order valence-corrected chi connectivity index (χ0v) is 13.3. The number of rotatable bonds is 4. The molecule has 5 heteroatoms. The number of aliphatic carboxylic acids is 1. The van der Waals surface area contributed by atoms with Crippen LogP contribution in [0.1, 0.15) is 12.7 Å². The van der Waals surface area contributed by atoms with Crippen molar-refractivity contribution in [1.82, 2.24) is 0 Å². The third-order valence-electron chi connectivity index (χ3n) is 3.76. The van der Waals surface area contributed by atoms with Crippen LogP contribution in [-0.4, -0.2) is 17.2 Å². The van der Waals surface area contributed by atoms with Gasteiger partial charge in [0.25, 0.3) is 0 Å². The molecule has 0 saturated heterocycles. The van der Waals surface area contributed by atoms with Crippen LogP contribution in [-0.2, 0) is 4.79 Å². The molecule has 0 radical (unpaired) electrons. The van der Waals surface area contributed by atoms with Gasteiger partial charge >= 0.3 is 5.97 Å². The van der Waals surface area contributed by atoms with Gasteiger partial charge in [-0.3, -0.25) is 4.79 Å². The second-order valence-electron chi connectivity index (χ2n) is 5.48. The van der Waals surface area contributed by atoms with Crippen LogP contribution in [0.25, 0.3) is 22.1 Å². The minimum atomic E-state index is -1.06. The number of carboxylic acid groups (broad SMARTS) is 1. The van der Waals surface area contributed by atoms with E-state index in [0.717, 1.165) is 5.56 Å². The molecule has 0 aliphatic heterocycles. The molecule has 1 aromatic heterocycles. The van der Waals surface area contributed by atoms with Gasteiger partial charge in [0.1, 0.15) is 17.1 Å². The Morgan fingerprint density at radius 3 is 2.54 bits per heavy atom. The van der Waals surface area contributed by atoms with Crippen molar-refractivity contribution >= 4 is 16.9 Å². The molecule has 0 amide bonds. The van der Waals surface area contributed by atoms with E-state index in [1.165, 1.54) is 13.0 Å². The molecule has 2 aromatic carbocycles. The normalized spacial score (nSPS) is 12.1. The van der Waals surface area contributed by atoms with Crippen molar-refractivity contribution in [3.05, 3.63) is 64.5 Å². The number of hydrogen-bond donors (Lipinski definition) is 1. The Kier molecular flexibility index (Phi) is 4.08. The van der Waals surface area contributed by atoms with Crippen molar-refractivity contribution in [2.75, 3.05) is 0 Å². The number of carbonyl (C=O) groups is 1. The first kappa shape index (κ1) is 15.8. The monoisotopic (exact) mass is 324 g/mol. The van der Waals surface area contributed by atoms with E-state index in [0.29, 0.717) is 28.0 Å². The lowest BCUT2D eigenvalue weighted by Crippen LogP contribution is -2.22. The minimum absolute atomic E-state index is 0.127. The van der Waals surface area contributed by atoms with Crippen LogP contribution in [0.4, 0.5) is 0 Å². The Morgan fingerprint density at radius 2 is 1.88 bits per heavy atom. The number of carboxylic acids is 1. The predicted molar refractivity (Wildman–Crippen MR) is 90.4 cm³/mol. The summed E-state index contributed by atoms with van der Waals surface area (Å²) < 4.78 is 11.1.